The molecule has 0 saturated carbocycles. The van der Waals surface area contributed by atoms with E-state index in [1.54, 1.807) is 31.3 Å². The van der Waals surface area contributed by atoms with E-state index in [-0.39, 0.29) is 5.75 Å². The number of hydrogen-bond donors (Lipinski definition) is 2. The Labute approximate surface area is 93.0 Å². The van der Waals surface area contributed by atoms with Crippen molar-refractivity contribution < 1.29 is 10.2 Å². The van der Waals surface area contributed by atoms with Gasteiger partial charge in [-0.2, -0.15) is 0 Å². The maximum Gasteiger partial charge on any atom is 0.141 e. The molecule has 0 aliphatic heterocycles. The van der Waals surface area contributed by atoms with Gasteiger partial charge in [-0.1, -0.05) is 17.3 Å². The maximum atomic E-state index is 9.69. The topological polar surface area (TPSA) is 71.2 Å². The van der Waals surface area contributed by atoms with Crippen LogP contribution in [-0.2, 0) is 6.42 Å². The van der Waals surface area contributed by atoms with E-state index in [0.29, 0.717) is 12.1 Å². The molecule has 0 aliphatic rings. The van der Waals surface area contributed by atoms with Crippen LogP contribution >= 0.6 is 0 Å². The molecule has 0 bridgehead atoms. The predicted molar refractivity (Wildman–Crippen MR) is 58.4 cm³/mol. The minimum atomic E-state index is -0.469. The van der Waals surface area contributed by atoms with Crippen molar-refractivity contribution in [2.24, 2.45) is 0 Å². The van der Waals surface area contributed by atoms with Crippen molar-refractivity contribution >= 4 is 0 Å². The molecule has 2 aromatic rings. The third-order valence-electron chi connectivity index (χ3n) is 2.23. The van der Waals surface area contributed by atoms with Crippen LogP contribution in [0.25, 0.3) is 5.69 Å². The van der Waals surface area contributed by atoms with Crippen molar-refractivity contribution in [2.75, 3.05) is 0 Å². The van der Waals surface area contributed by atoms with Crippen molar-refractivity contribution in [3.8, 4) is 11.4 Å². The van der Waals surface area contributed by atoms with E-state index in [4.69, 9.17) is 0 Å². The minimum Gasteiger partial charge on any atom is -0.506 e. The van der Waals surface area contributed by atoms with Gasteiger partial charge in [0.15, 0.2) is 0 Å². The van der Waals surface area contributed by atoms with Gasteiger partial charge in [0.1, 0.15) is 11.4 Å². The summed E-state index contributed by atoms with van der Waals surface area (Å²) in [5, 5.41) is 26.7. The highest BCUT2D eigenvalue weighted by Gasteiger charge is 2.11. The summed E-state index contributed by atoms with van der Waals surface area (Å²) in [5.41, 5.74) is 1.33. The highest BCUT2D eigenvalue weighted by Crippen LogP contribution is 2.21. The van der Waals surface area contributed by atoms with Crippen molar-refractivity contribution in [1.29, 1.82) is 0 Å². The van der Waals surface area contributed by atoms with Crippen LogP contribution in [0.1, 0.15) is 12.6 Å². The Kier molecular flexibility index (Phi) is 2.87. The molecule has 5 heteroatoms. The van der Waals surface area contributed by atoms with Crippen LogP contribution in [0.5, 0.6) is 5.75 Å². The molecule has 1 atom stereocenters. The fourth-order valence-corrected chi connectivity index (χ4v) is 1.54. The van der Waals surface area contributed by atoms with Crippen LogP contribution in [0.3, 0.4) is 0 Å². The Morgan fingerprint density at radius 2 is 2.12 bits per heavy atom. The van der Waals surface area contributed by atoms with Gasteiger partial charge in [0.25, 0.3) is 0 Å². The average molecular weight is 219 g/mol. The molecular formula is C11H13N3O2. The zero-order chi connectivity index (χ0) is 11.5. The number of benzene rings is 1. The second-order valence-corrected chi connectivity index (χ2v) is 3.68. The van der Waals surface area contributed by atoms with Crippen LogP contribution in [0, 0.1) is 0 Å². The Morgan fingerprint density at radius 1 is 1.38 bits per heavy atom. The number of phenolic OH excluding ortho intramolecular Hbond substituents is 1. The molecular weight excluding hydrogens is 206 g/mol. The molecule has 1 heterocycles. The monoisotopic (exact) mass is 219 g/mol. The Hall–Kier alpha value is -1.88. The van der Waals surface area contributed by atoms with Crippen molar-refractivity contribution in [3.63, 3.8) is 0 Å². The minimum absolute atomic E-state index is 0.139. The SMILES string of the molecule is CC(O)Cc1cnnn1-c1ccccc1O. The number of aliphatic hydroxyl groups is 1. The van der Waals surface area contributed by atoms with Gasteiger partial charge in [-0.15, -0.1) is 5.10 Å². The first kappa shape index (κ1) is 10.6. The van der Waals surface area contributed by atoms with Crippen LogP contribution in [0.4, 0.5) is 0 Å². The van der Waals surface area contributed by atoms with Crippen LogP contribution < -0.4 is 0 Å². The van der Waals surface area contributed by atoms with Crippen molar-refractivity contribution in [3.05, 3.63) is 36.2 Å². The van der Waals surface area contributed by atoms with Crippen LogP contribution in [0.15, 0.2) is 30.5 Å². The zero-order valence-electron chi connectivity index (χ0n) is 8.91. The molecule has 1 aromatic heterocycles. The van der Waals surface area contributed by atoms with Crippen molar-refractivity contribution in [2.45, 2.75) is 19.4 Å². The summed E-state index contributed by atoms with van der Waals surface area (Å²) in [5.74, 6) is 0.139. The summed E-state index contributed by atoms with van der Waals surface area (Å²) in [7, 11) is 0. The van der Waals surface area contributed by atoms with Gasteiger partial charge in [-0.05, 0) is 19.1 Å². The summed E-state index contributed by atoms with van der Waals surface area (Å²) in [6.45, 7) is 1.70. The van der Waals surface area contributed by atoms with E-state index >= 15 is 0 Å². The van der Waals surface area contributed by atoms with Gasteiger partial charge in [0, 0.05) is 6.42 Å². The number of rotatable bonds is 3. The fraction of sp³-hybridized carbons (Fsp3) is 0.273. The lowest BCUT2D eigenvalue weighted by Gasteiger charge is -2.08. The molecule has 0 radical (unpaired) electrons. The first-order chi connectivity index (χ1) is 7.68. The fourth-order valence-electron chi connectivity index (χ4n) is 1.54. The highest BCUT2D eigenvalue weighted by atomic mass is 16.3. The van der Waals surface area contributed by atoms with E-state index in [2.05, 4.69) is 10.3 Å². The van der Waals surface area contributed by atoms with Crippen LogP contribution in [-0.4, -0.2) is 31.3 Å². The normalized spacial score (nSPS) is 12.6. The van der Waals surface area contributed by atoms with E-state index in [0.717, 1.165) is 5.69 Å². The number of phenols is 1. The maximum absolute atomic E-state index is 9.69. The Balaban J connectivity index is 2.41. The second kappa shape index (κ2) is 4.32. The smallest absolute Gasteiger partial charge is 0.141 e. The lowest BCUT2D eigenvalue weighted by atomic mass is 10.2. The van der Waals surface area contributed by atoms with Gasteiger partial charge < -0.3 is 10.2 Å². The Morgan fingerprint density at radius 3 is 2.81 bits per heavy atom. The van der Waals surface area contributed by atoms with E-state index in [1.165, 1.54) is 4.68 Å². The number of para-hydroxylation sites is 2. The standard InChI is InChI=1S/C11H13N3O2/c1-8(15)6-9-7-12-13-14(9)10-4-2-3-5-11(10)16/h2-5,7-8,15-16H,6H2,1H3. The molecule has 1 aromatic carbocycles. The lowest BCUT2D eigenvalue weighted by molar-refractivity contribution is 0.193. The quantitative estimate of drug-likeness (QED) is 0.804. The van der Waals surface area contributed by atoms with Gasteiger partial charge >= 0.3 is 0 Å². The molecule has 1 unspecified atom stereocenters. The summed E-state index contributed by atoms with van der Waals surface area (Å²) < 4.78 is 1.53. The first-order valence-electron chi connectivity index (χ1n) is 5.04. The second-order valence-electron chi connectivity index (χ2n) is 3.68. The molecule has 0 fully saturated rings. The Bertz CT molecular complexity index is 480. The molecule has 16 heavy (non-hydrogen) atoms. The van der Waals surface area contributed by atoms with Gasteiger partial charge in [0.05, 0.1) is 18.0 Å². The average Bonchev–Trinajstić information content (AvgIpc) is 2.66. The van der Waals surface area contributed by atoms with E-state index in [1.807, 2.05) is 6.07 Å². The van der Waals surface area contributed by atoms with Crippen molar-refractivity contribution in [1.82, 2.24) is 15.0 Å². The van der Waals surface area contributed by atoms with Crippen LogP contribution in [0.2, 0.25) is 0 Å². The molecule has 0 saturated heterocycles. The number of aromatic nitrogens is 3. The highest BCUT2D eigenvalue weighted by molar-refractivity contribution is 5.45. The van der Waals surface area contributed by atoms with Gasteiger partial charge in [-0.25, -0.2) is 4.68 Å². The molecule has 2 rings (SSSR count). The molecule has 2 N–H and O–H groups in total. The third-order valence-corrected chi connectivity index (χ3v) is 2.23. The molecule has 0 spiro atoms. The summed E-state index contributed by atoms with van der Waals surface area (Å²) in [6.07, 6.45) is 1.56. The predicted octanol–water partition coefficient (Wildman–Crippen LogP) is 0.896. The largest absolute Gasteiger partial charge is 0.506 e. The first-order valence-corrected chi connectivity index (χ1v) is 5.04. The summed E-state index contributed by atoms with van der Waals surface area (Å²) >= 11 is 0. The van der Waals surface area contributed by atoms with Gasteiger partial charge in [0.2, 0.25) is 0 Å². The number of hydrogen-bond acceptors (Lipinski definition) is 4. The number of aliphatic hydroxyl groups excluding tert-OH is 1. The molecule has 84 valence electrons. The summed E-state index contributed by atoms with van der Waals surface area (Å²) in [6, 6.07) is 6.88. The van der Waals surface area contributed by atoms with E-state index < -0.39 is 6.10 Å². The third kappa shape index (κ3) is 2.04. The molecule has 0 aliphatic carbocycles. The number of aromatic hydroxyl groups is 1. The number of nitrogens with zero attached hydrogens (tertiary/aromatic N) is 3. The summed E-state index contributed by atoms with van der Waals surface area (Å²) in [4.78, 5) is 0. The zero-order valence-corrected chi connectivity index (χ0v) is 8.91. The van der Waals surface area contributed by atoms with Gasteiger partial charge in [-0.3, -0.25) is 0 Å². The van der Waals surface area contributed by atoms with E-state index in [9.17, 15) is 10.2 Å². The molecule has 5 nitrogen and oxygen atoms in total. The molecule has 0 amide bonds. The lowest BCUT2D eigenvalue weighted by Crippen LogP contribution is -2.10.